The molecule has 1 N–H and O–H groups in total. The number of hydrogen-bond acceptors (Lipinski definition) is 5. The molecule has 1 fully saturated rings. The van der Waals surface area contributed by atoms with E-state index in [9.17, 15) is 4.79 Å². The van der Waals surface area contributed by atoms with E-state index >= 15 is 0 Å². The first-order valence-corrected chi connectivity index (χ1v) is 9.58. The number of carbonyl (C=O) groups is 1. The van der Waals surface area contributed by atoms with Crippen LogP contribution in [0.4, 0.5) is 11.4 Å². The number of pyridine rings is 1. The van der Waals surface area contributed by atoms with E-state index in [2.05, 4.69) is 32.1 Å². The molecule has 6 heteroatoms. The average Bonchev–Trinajstić information content (AvgIpc) is 2.69. The Labute approximate surface area is 158 Å². The summed E-state index contributed by atoms with van der Waals surface area (Å²) in [5.74, 6) is 3.01. The number of aromatic nitrogens is 1. The van der Waals surface area contributed by atoms with Gasteiger partial charge in [-0.2, -0.15) is 0 Å². The third-order valence-electron chi connectivity index (χ3n) is 4.19. The van der Waals surface area contributed by atoms with Crippen LogP contribution < -0.4 is 10.2 Å². The number of para-hydroxylation sites is 2. The van der Waals surface area contributed by atoms with Gasteiger partial charge in [-0.05, 0) is 24.3 Å². The zero-order chi connectivity index (χ0) is 18.2. The number of amides is 1. The topological polar surface area (TPSA) is 48.5 Å². The van der Waals surface area contributed by atoms with E-state index in [-0.39, 0.29) is 5.91 Å². The second-order valence-electron chi connectivity index (χ2n) is 5.99. The van der Waals surface area contributed by atoms with E-state index in [0.29, 0.717) is 12.3 Å². The molecule has 2 heterocycles. The maximum Gasteiger partial charge on any atom is 0.234 e. The van der Waals surface area contributed by atoms with Gasteiger partial charge in [0.25, 0.3) is 0 Å². The molecule has 0 aliphatic carbocycles. The maximum atomic E-state index is 12.3. The van der Waals surface area contributed by atoms with E-state index in [4.69, 9.17) is 6.42 Å². The Bertz CT molecular complexity index is 767. The van der Waals surface area contributed by atoms with Gasteiger partial charge in [-0.3, -0.25) is 9.69 Å². The van der Waals surface area contributed by atoms with Crippen molar-refractivity contribution in [1.82, 2.24) is 9.88 Å². The standard InChI is InChI=1S/C20H22N4OS/c1-2-11-23-12-14-24(15-13-23)18-8-4-3-7-17(18)22-19(25)16-26-20-9-5-6-10-21-20/h1,3-10H,11-16H2,(H,22,25). The van der Waals surface area contributed by atoms with Gasteiger partial charge in [0.05, 0.1) is 28.7 Å². The van der Waals surface area contributed by atoms with Gasteiger partial charge in [0, 0.05) is 32.4 Å². The van der Waals surface area contributed by atoms with Crippen LogP contribution in [0.5, 0.6) is 0 Å². The molecule has 1 aliphatic heterocycles. The smallest absolute Gasteiger partial charge is 0.234 e. The summed E-state index contributed by atoms with van der Waals surface area (Å²) in [5.41, 5.74) is 1.91. The number of benzene rings is 1. The van der Waals surface area contributed by atoms with Gasteiger partial charge in [0.2, 0.25) is 5.91 Å². The van der Waals surface area contributed by atoms with Crippen LogP contribution in [-0.2, 0) is 4.79 Å². The zero-order valence-electron chi connectivity index (χ0n) is 14.6. The van der Waals surface area contributed by atoms with Crippen molar-refractivity contribution in [1.29, 1.82) is 0 Å². The molecule has 0 radical (unpaired) electrons. The summed E-state index contributed by atoms with van der Waals surface area (Å²) in [7, 11) is 0. The third kappa shape index (κ3) is 5.01. The van der Waals surface area contributed by atoms with E-state index in [1.54, 1.807) is 6.20 Å². The van der Waals surface area contributed by atoms with Gasteiger partial charge in [0.15, 0.2) is 0 Å². The number of thioether (sulfide) groups is 1. The number of rotatable bonds is 6. The van der Waals surface area contributed by atoms with Crippen LogP contribution in [0, 0.1) is 12.3 Å². The number of nitrogens with zero attached hydrogens (tertiary/aromatic N) is 3. The normalized spacial score (nSPS) is 14.7. The summed E-state index contributed by atoms with van der Waals surface area (Å²) in [6.45, 7) is 4.36. The number of carbonyl (C=O) groups excluding carboxylic acids is 1. The summed E-state index contributed by atoms with van der Waals surface area (Å²) < 4.78 is 0. The Morgan fingerprint density at radius 1 is 1.15 bits per heavy atom. The maximum absolute atomic E-state index is 12.3. The Hall–Kier alpha value is -2.49. The fraction of sp³-hybridized carbons (Fsp3) is 0.300. The highest BCUT2D eigenvalue weighted by Gasteiger charge is 2.19. The van der Waals surface area contributed by atoms with Crippen LogP contribution in [0.25, 0.3) is 0 Å². The molecule has 0 spiro atoms. The number of terminal acetylenes is 1. The number of hydrogen-bond donors (Lipinski definition) is 1. The first-order chi connectivity index (χ1) is 12.8. The van der Waals surface area contributed by atoms with Crippen LogP contribution in [0.1, 0.15) is 0 Å². The number of nitrogens with one attached hydrogen (secondary N) is 1. The molecule has 1 saturated heterocycles. The lowest BCUT2D eigenvalue weighted by molar-refractivity contribution is -0.113. The Balaban J connectivity index is 1.59. The van der Waals surface area contributed by atoms with E-state index < -0.39 is 0 Å². The molecule has 3 rings (SSSR count). The van der Waals surface area contributed by atoms with Crippen molar-refractivity contribution in [2.75, 3.05) is 48.7 Å². The molecule has 2 aromatic rings. The summed E-state index contributed by atoms with van der Waals surface area (Å²) in [4.78, 5) is 21.1. The monoisotopic (exact) mass is 366 g/mol. The minimum absolute atomic E-state index is 0.0286. The van der Waals surface area contributed by atoms with Gasteiger partial charge >= 0.3 is 0 Å². The molecule has 0 atom stereocenters. The van der Waals surface area contributed by atoms with Gasteiger partial charge in [-0.25, -0.2) is 4.98 Å². The molecule has 5 nitrogen and oxygen atoms in total. The Morgan fingerprint density at radius 3 is 2.65 bits per heavy atom. The van der Waals surface area contributed by atoms with Crippen molar-refractivity contribution < 1.29 is 4.79 Å². The average molecular weight is 366 g/mol. The molecule has 0 saturated carbocycles. The molecule has 134 valence electrons. The van der Waals surface area contributed by atoms with Crippen LogP contribution >= 0.6 is 11.8 Å². The van der Waals surface area contributed by atoms with Gasteiger partial charge < -0.3 is 10.2 Å². The minimum Gasteiger partial charge on any atom is -0.367 e. The fourth-order valence-corrected chi connectivity index (χ4v) is 3.55. The van der Waals surface area contributed by atoms with E-state index in [1.807, 2.05) is 36.4 Å². The van der Waals surface area contributed by atoms with Gasteiger partial charge in [0.1, 0.15) is 0 Å². The lowest BCUT2D eigenvalue weighted by Crippen LogP contribution is -2.46. The molecule has 1 amide bonds. The minimum atomic E-state index is -0.0286. The molecule has 0 bridgehead atoms. The van der Waals surface area contributed by atoms with E-state index in [0.717, 1.165) is 42.6 Å². The molecule has 0 unspecified atom stereocenters. The third-order valence-corrected chi connectivity index (χ3v) is 5.14. The van der Waals surface area contributed by atoms with Crippen LogP contribution in [0.3, 0.4) is 0 Å². The van der Waals surface area contributed by atoms with Gasteiger partial charge in [-0.15, -0.1) is 6.42 Å². The first kappa shape index (κ1) is 18.3. The van der Waals surface area contributed by atoms with Crippen LogP contribution in [0.15, 0.2) is 53.7 Å². The van der Waals surface area contributed by atoms with Crippen molar-refractivity contribution in [2.45, 2.75) is 5.03 Å². The first-order valence-electron chi connectivity index (χ1n) is 8.60. The quantitative estimate of drug-likeness (QED) is 0.629. The zero-order valence-corrected chi connectivity index (χ0v) is 15.4. The molecular weight excluding hydrogens is 344 g/mol. The Kier molecular flexibility index (Phi) is 6.53. The van der Waals surface area contributed by atoms with Crippen molar-refractivity contribution >= 4 is 29.0 Å². The van der Waals surface area contributed by atoms with Crippen molar-refractivity contribution in [3.63, 3.8) is 0 Å². The highest BCUT2D eigenvalue weighted by atomic mass is 32.2. The largest absolute Gasteiger partial charge is 0.367 e. The fourth-order valence-electron chi connectivity index (χ4n) is 2.89. The predicted molar refractivity (Wildman–Crippen MR) is 108 cm³/mol. The molecule has 26 heavy (non-hydrogen) atoms. The molecule has 1 aromatic heterocycles. The summed E-state index contributed by atoms with van der Waals surface area (Å²) in [6, 6.07) is 13.6. The molecule has 1 aromatic carbocycles. The van der Waals surface area contributed by atoms with Crippen molar-refractivity contribution in [2.24, 2.45) is 0 Å². The number of piperazine rings is 1. The highest BCUT2D eigenvalue weighted by Crippen LogP contribution is 2.27. The SMILES string of the molecule is C#CCN1CCN(c2ccccc2NC(=O)CSc2ccccn2)CC1. The second-order valence-corrected chi connectivity index (χ2v) is 6.98. The van der Waals surface area contributed by atoms with E-state index in [1.165, 1.54) is 11.8 Å². The molecule has 1 aliphatic rings. The van der Waals surface area contributed by atoms with Crippen LogP contribution in [0.2, 0.25) is 0 Å². The number of anilines is 2. The lowest BCUT2D eigenvalue weighted by atomic mass is 10.2. The lowest BCUT2D eigenvalue weighted by Gasteiger charge is -2.36. The summed E-state index contributed by atoms with van der Waals surface area (Å²) in [6.07, 6.45) is 7.13. The highest BCUT2D eigenvalue weighted by molar-refractivity contribution is 7.99. The second kappa shape index (κ2) is 9.27. The van der Waals surface area contributed by atoms with Gasteiger partial charge in [-0.1, -0.05) is 35.9 Å². The summed E-state index contributed by atoms with van der Waals surface area (Å²) in [5, 5.41) is 3.89. The van der Waals surface area contributed by atoms with Crippen molar-refractivity contribution in [3.8, 4) is 12.3 Å². The van der Waals surface area contributed by atoms with Crippen LogP contribution in [-0.4, -0.2) is 54.3 Å². The predicted octanol–water partition coefficient (Wildman–Crippen LogP) is 2.57. The molecular formula is C20H22N4OS. The Morgan fingerprint density at radius 2 is 1.92 bits per heavy atom. The van der Waals surface area contributed by atoms with Crippen molar-refractivity contribution in [3.05, 3.63) is 48.7 Å². The summed E-state index contributed by atoms with van der Waals surface area (Å²) >= 11 is 1.43.